The first-order valence-corrected chi connectivity index (χ1v) is 7.33. The van der Waals surface area contributed by atoms with Gasteiger partial charge in [-0.2, -0.15) is 0 Å². The number of rotatable bonds is 5. The van der Waals surface area contributed by atoms with Crippen LogP contribution in [0.15, 0.2) is 34.1 Å². The number of hydrogen-bond acceptors (Lipinski definition) is 6. The van der Waals surface area contributed by atoms with Gasteiger partial charge in [0.05, 0.1) is 18.0 Å². The van der Waals surface area contributed by atoms with E-state index in [0.717, 1.165) is 4.34 Å². The van der Waals surface area contributed by atoms with Gasteiger partial charge in [0, 0.05) is 0 Å². The Labute approximate surface area is 119 Å². The molecule has 1 heterocycles. The normalized spacial score (nSPS) is 11.9. The summed E-state index contributed by atoms with van der Waals surface area (Å²) < 4.78 is 5.97. The van der Waals surface area contributed by atoms with Crippen molar-refractivity contribution in [2.24, 2.45) is 0 Å². The van der Waals surface area contributed by atoms with Gasteiger partial charge >= 0.3 is 0 Å². The molecule has 1 atom stereocenters. The molecule has 2 aromatic rings. The number of hydrogen-bond donors (Lipinski definition) is 1. The summed E-state index contributed by atoms with van der Waals surface area (Å²) in [6.45, 7) is 1.83. The maximum Gasteiger partial charge on any atom is 0.237 e. The minimum atomic E-state index is -0.252. The molecule has 19 heavy (non-hydrogen) atoms. The van der Waals surface area contributed by atoms with Gasteiger partial charge in [0.25, 0.3) is 0 Å². The lowest BCUT2D eigenvalue weighted by molar-refractivity contribution is -0.115. The van der Waals surface area contributed by atoms with Crippen LogP contribution in [-0.4, -0.2) is 28.5 Å². The van der Waals surface area contributed by atoms with E-state index in [4.69, 9.17) is 4.74 Å². The van der Waals surface area contributed by atoms with Crippen LogP contribution in [0.2, 0.25) is 0 Å². The molecule has 0 aliphatic carbocycles. The molecule has 1 aromatic carbocycles. The standard InChI is InChI=1S/C12H13N3O2S2/c1-8(19-12-15-13-7-18-12)11(16)14-9-5-3-4-6-10(9)17-2/h3-8H,1-2H3,(H,14,16). The zero-order valence-electron chi connectivity index (χ0n) is 10.5. The number of amides is 1. The molecule has 0 fully saturated rings. The minimum Gasteiger partial charge on any atom is -0.495 e. The second kappa shape index (κ2) is 6.53. The lowest BCUT2D eigenvalue weighted by atomic mass is 10.3. The molecule has 0 saturated carbocycles. The Bertz CT molecular complexity index is 546. The van der Waals surface area contributed by atoms with Gasteiger partial charge in [0.1, 0.15) is 11.3 Å². The fourth-order valence-corrected chi connectivity index (χ4v) is 3.03. The van der Waals surface area contributed by atoms with Gasteiger partial charge < -0.3 is 10.1 Å². The number of methoxy groups -OCH3 is 1. The summed E-state index contributed by atoms with van der Waals surface area (Å²) in [6, 6.07) is 7.31. The van der Waals surface area contributed by atoms with E-state index in [1.807, 2.05) is 19.1 Å². The Kier molecular flexibility index (Phi) is 4.75. The van der Waals surface area contributed by atoms with Gasteiger partial charge in [0.2, 0.25) is 5.91 Å². The lowest BCUT2D eigenvalue weighted by Crippen LogP contribution is -2.22. The molecule has 2 rings (SSSR count). The largest absolute Gasteiger partial charge is 0.495 e. The van der Waals surface area contributed by atoms with Crippen molar-refractivity contribution in [1.82, 2.24) is 10.2 Å². The van der Waals surface area contributed by atoms with Crippen molar-refractivity contribution in [1.29, 1.82) is 0 Å². The first-order valence-electron chi connectivity index (χ1n) is 5.57. The monoisotopic (exact) mass is 295 g/mol. The van der Waals surface area contributed by atoms with Gasteiger partial charge in [-0.3, -0.25) is 4.79 Å². The highest BCUT2D eigenvalue weighted by Gasteiger charge is 2.17. The van der Waals surface area contributed by atoms with Crippen LogP contribution in [0, 0.1) is 0 Å². The van der Waals surface area contributed by atoms with Gasteiger partial charge in [-0.25, -0.2) is 0 Å². The van der Waals surface area contributed by atoms with Gasteiger partial charge in [-0.1, -0.05) is 35.2 Å². The summed E-state index contributed by atoms with van der Waals surface area (Å²) >= 11 is 2.80. The number of carbonyl (C=O) groups excluding carboxylic acids is 1. The lowest BCUT2D eigenvalue weighted by Gasteiger charge is -2.12. The molecular weight excluding hydrogens is 282 g/mol. The molecule has 0 saturated heterocycles. The molecule has 7 heteroatoms. The molecule has 0 aliphatic rings. The molecule has 0 aliphatic heterocycles. The van der Waals surface area contributed by atoms with Crippen molar-refractivity contribution >= 4 is 34.7 Å². The number of nitrogens with zero attached hydrogens (tertiary/aromatic N) is 2. The molecular formula is C12H13N3O2S2. The fourth-order valence-electron chi connectivity index (χ4n) is 1.40. The smallest absolute Gasteiger partial charge is 0.237 e. The molecule has 0 bridgehead atoms. The second-order valence-corrected chi connectivity index (χ2v) is 6.08. The van der Waals surface area contributed by atoms with Crippen molar-refractivity contribution in [2.75, 3.05) is 12.4 Å². The molecule has 1 aromatic heterocycles. The first kappa shape index (κ1) is 13.8. The third-order valence-corrected chi connectivity index (χ3v) is 4.26. The van der Waals surface area contributed by atoms with Crippen molar-refractivity contribution in [3.63, 3.8) is 0 Å². The molecule has 100 valence electrons. The SMILES string of the molecule is COc1ccccc1NC(=O)C(C)Sc1nncs1. The molecule has 1 N–H and O–H groups in total. The van der Waals surface area contributed by atoms with Crippen molar-refractivity contribution in [3.8, 4) is 5.75 Å². The molecule has 0 radical (unpaired) electrons. The Morgan fingerprint density at radius 3 is 2.95 bits per heavy atom. The quantitative estimate of drug-likeness (QED) is 0.859. The van der Waals surface area contributed by atoms with Gasteiger partial charge in [-0.05, 0) is 19.1 Å². The van der Waals surface area contributed by atoms with Crippen LogP contribution < -0.4 is 10.1 Å². The average Bonchev–Trinajstić information content (AvgIpc) is 2.92. The number of ether oxygens (including phenoxy) is 1. The zero-order valence-corrected chi connectivity index (χ0v) is 12.1. The number of nitrogens with one attached hydrogen (secondary N) is 1. The Morgan fingerprint density at radius 1 is 1.47 bits per heavy atom. The number of carbonyl (C=O) groups is 1. The molecule has 1 amide bonds. The maximum absolute atomic E-state index is 12.1. The summed E-state index contributed by atoms with van der Waals surface area (Å²) in [5.41, 5.74) is 2.31. The van der Waals surface area contributed by atoms with Crippen LogP contribution in [0.25, 0.3) is 0 Å². The van der Waals surface area contributed by atoms with E-state index in [2.05, 4.69) is 15.5 Å². The Hall–Kier alpha value is -1.60. The third kappa shape index (κ3) is 3.68. The summed E-state index contributed by atoms with van der Waals surface area (Å²) in [5, 5.41) is 10.2. The highest BCUT2D eigenvalue weighted by atomic mass is 32.2. The third-order valence-electron chi connectivity index (χ3n) is 2.35. The number of para-hydroxylation sites is 2. The Morgan fingerprint density at radius 2 is 2.26 bits per heavy atom. The van der Waals surface area contributed by atoms with E-state index in [9.17, 15) is 4.79 Å². The van der Waals surface area contributed by atoms with Crippen molar-refractivity contribution in [3.05, 3.63) is 29.8 Å². The summed E-state index contributed by atoms with van der Waals surface area (Å²) in [6.07, 6.45) is 0. The van der Waals surface area contributed by atoms with Crippen LogP contribution >= 0.6 is 23.1 Å². The van der Waals surface area contributed by atoms with Crippen LogP contribution in [-0.2, 0) is 4.79 Å². The zero-order chi connectivity index (χ0) is 13.7. The van der Waals surface area contributed by atoms with Crippen molar-refractivity contribution in [2.45, 2.75) is 16.5 Å². The molecule has 5 nitrogen and oxygen atoms in total. The first-order chi connectivity index (χ1) is 9.20. The van der Waals surface area contributed by atoms with Gasteiger partial charge in [-0.15, -0.1) is 10.2 Å². The highest BCUT2D eigenvalue weighted by Crippen LogP contribution is 2.27. The van der Waals surface area contributed by atoms with E-state index < -0.39 is 0 Å². The predicted octanol–water partition coefficient (Wildman–Crippen LogP) is 2.67. The van der Waals surface area contributed by atoms with E-state index >= 15 is 0 Å². The topological polar surface area (TPSA) is 64.1 Å². The second-order valence-electron chi connectivity index (χ2n) is 3.65. The van der Waals surface area contributed by atoms with Crippen molar-refractivity contribution < 1.29 is 9.53 Å². The predicted molar refractivity (Wildman–Crippen MR) is 76.9 cm³/mol. The van der Waals surface area contributed by atoms with E-state index in [1.165, 1.54) is 23.1 Å². The summed E-state index contributed by atoms with van der Waals surface area (Å²) in [5.74, 6) is 0.550. The minimum absolute atomic E-state index is 0.0929. The average molecular weight is 295 g/mol. The number of benzene rings is 1. The number of aromatic nitrogens is 2. The maximum atomic E-state index is 12.1. The van der Waals surface area contributed by atoms with Crippen LogP contribution in [0.5, 0.6) is 5.75 Å². The van der Waals surface area contributed by atoms with Crippen LogP contribution in [0.3, 0.4) is 0 Å². The highest BCUT2D eigenvalue weighted by molar-refractivity contribution is 8.02. The molecule has 1 unspecified atom stereocenters. The van der Waals surface area contributed by atoms with E-state index in [-0.39, 0.29) is 11.2 Å². The number of anilines is 1. The summed E-state index contributed by atoms with van der Waals surface area (Å²) in [7, 11) is 1.57. The summed E-state index contributed by atoms with van der Waals surface area (Å²) in [4.78, 5) is 12.1. The fraction of sp³-hybridized carbons (Fsp3) is 0.250. The van der Waals surface area contributed by atoms with Crippen LogP contribution in [0.1, 0.15) is 6.92 Å². The van der Waals surface area contributed by atoms with Gasteiger partial charge in [0.15, 0.2) is 4.34 Å². The molecule has 0 spiro atoms. The van der Waals surface area contributed by atoms with E-state index in [0.29, 0.717) is 11.4 Å². The van der Waals surface area contributed by atoms with E-state index in [1.54, 1.807) is 24.8 Å². The Balaban J connectivity index is 2.00. The number of thioether (sulfide) groups is 1. The van der Waals surface area contributed by atoms with Crippen LogP contribution in [0.4, 0.5) is 5.69 Å².